The molecule has 0 aliphatic rings. The molecule has 0 aliphatic heterocycles. The third-order valence-electron chi connectivity index (χ3n) is 4.30. The van der Waals surface area contributed by atoms with Crippen LogP contribution in [0.4, 0.5) is 0 Å². The normalized spacial score (nSPS) is 11.1. The zero-order valence-electron chi connectivity index (χ0n) is 14.1. The fraction of sp³-hybridized carbons (Fsp3) is 0.333. The molecular formula is C18H20N4O2. The smallest absolute Gasteiger partial charge is 0.264 e. The van der Waals surface area contributed by atoms with E-state index in [4.69, 9.17) is 0 Å². The highest BCUT2D eigenvalue weighted by Gasteiger charge is 2.15. The molecule has 6 nitrogen and oxygen atoms in total. The van der Waals surface area contributed by atoms with Crippen LogP contribution in [0, 0.1) is 0 Å². The number of carbonyl (C=O) groups excluding carboxylic acids is 1. The van der Waals surface area contributed by atoms with Gasteiger partial charge in [-0.3, -0.25) is 18.8 Å². The maximum Gasteiger partial charge on any atom is 0.264 e. The number of aromatic nitrogens is 4. The highest BCUT2D eigenvalue weighted by Crippen LogP contribution is 2.15. The predicted octanol–water partition coefficient (Wildman–Crippen LogP) is 2.14. The zero-order valence-corrected chi connectivity index (χ0v) is 14.1. The van der Waals surface area contributed by atoms with Crippen molar-refractivity contribution >= 4 is 16.8 Å². The van der Waals surface area contributed by atoms with Crippen LogP contribution in [0.3, 0.4) is 0 Å². The Hall–Kier alpha value is -2.76. The van der Waals surface area contributed by atoms with Crippen molar-refractivity contribution < 1.29 is 4.79 Å². The van der Waals surface area contributed by atoms with Crippen molar-refractivity contribution in [3.8, 4) is 0 Å². The largest absolute Gasteiger partial charge is 0.292 e. The van der Waals surface area contributed by atoms with Crippen molar-refractivity contribution in [2.24, 2.45) is 7.05 Å². The van der Waals surface area contributed by atoms with Crippen molar-refractivity contribution in [3.05, 3.63) is 57.8 Å². The summed E-state index contributed by atoms with van der Waals surface area (Å²) in [5.41, 5.74) is 3.08. The van der Waals surface area contributed by atoms with E-state index in [0.29, 0.717) is 16.6 Å². The lowest BCUT2D eigenvalue weighted by atomic mass is 9.97. The van der Waals surface area contributed by atoms with Gasteiger partial charge < -0.3 is 0 Å². The summed E-state index contributed by atoms with van der Waals surface area (Å²) >= 11 is 0. The highest BCUT2D eigenvalue weighted by atomic mass is 16.1. The van der Waals surface area contributed by atoms with E-state index in [1.807, 2.05) is 25.1 Å². The van der Waals surface area contributed by atoms with Crippen LogP contribution < -0.4 is 5.56 Å². The maximum atomic E-state index is 12.7. The first kappa shape index (κ1) is 16.1. The van der Waals surface area contributed by atoms with Gasteiger partial charge in [0.25, 0.3) is 5.56 Å². The minimum absolute atomic E-state index is 0.0170. The molecule has 0 amide bonds. The first-order chi connectivity index (χ1) is 11.5. The van der Waals surface area contributed by atoms with Crippen LogP contribution in [0.15, 0.2) is 35.5 Å². The fourth-order valence-electron chi connectivity index (χ4n) is 2.83. The van der Waals surface area contributed by atoms with Crippen LogP contribution >= 0.6 is 0 Å². The molecule has 0 atom stereocenters. The average molecular weight is 324 g/mol. The first-order valence-corrected chi connectivity index (χ1v) is 8.07. The molecule has 0 unspecified atom stereocenters. The van der Waals surface area contributed by atoms with Gasteiger partial charge in [0, 0.05) is 12.6 Å². The van der Waals surface area contributed by atoms with Gasteiger partial charge in [-0.05, 0) is 30.0 Å². The van der Waals surface area contributed by atoms with Gasteiger partial charge in [-0.2, -0.15) is 5.10 Å². The summed E-state index contributed by atoms with van der Waals surface area (Å²) in [5, 5.41) is 4.46. The van der Waals surface area contributed by atoms with Gasteiger partial charge in [0.2, 0.25) is 0 Å². The van der Waals surface area contributed by atoms with E-state index in [-0.39, 0.29) is 17.9 Å². The van der Waals surface area contributed by atoms with Gasteiger partial charge in [0.1, 0.15) is 11.7 Å². The van der Waals surface area contributed by atoms with E-state index < -0.39 is 0 Å². The van der Waals surface area contributed by atoms with E-state index >= 15 is 0 Å². The Morgan fingerprint density at radius 2 is 2.00 bits per heavy atom. The minimum Gasteiger partial charge on any atom is -0.292 e. The number of hydrogen-bond donors (Lipinski definition) is 0. The molecule has 2 heterocycles. The summed E-state index contributed by atoms with van der Waals surface area (Å²) < 4.78 is 2.90. The number of carbonyl (C=O) groups is 1. The molecule has 24 heavy (non-hydrogen) atoms. The molecule has 0 saturated heterocycles. The van der Waals surface area contributed by atoms with Crippen LogP contribution in [0.25, 0.3) is 11.0 Å². The van der Waals surface area contributed by atoms with Crippen molar-refractivity contribution in [3.63, 3.8) is 0 Å². The molecule has 3 rings (SSSR count). The zero-order chi connectivity index (χ0) is 17.3. The lowest BCUT2D eigenvalue weighted by Gasteiger charge is -2.10. The molecule has 0 bridgehead atoms. The number of nitrogens with zero attached hydrogens (tertiary/aromatic N) is 4. The van der Waals surface area contributed by atoms with E-state index in [2.05, 4.69) is 17.0 Å². The van der Waals surface area contributed by atoms with Crippen LogP contribution in [0.2, 0.25) is 0 Å². The van der Waals surface area contributed by atoms with Crippen LogP contribution in [-0.2, 0) is 26.4 Å². The summed E-state index contributed by atoms with van der Waals surface area (Å²) in [7, 11) is 1.73. The Balaban J connectivity index is 1.98. The van der Waals surface area contributed by atoms with Gasteiger partial charge >= 0.3 is 0 Å². The molecule has 124 valence electrons. The highest BCUT2D eigenvalue weighted by molar-refractivity contribution is 5.97. The molecule has 0 fully saturated rings. The molecule has 6 heteroatoms. The summed E-state index contributed by atoms with van der Waals surface area (Å²) in [6, 6.07) is 5.98. The van der Waals surface area contributed by atoms with E-state index in [9.17, 15) is 9.59 Å². The SMILES string of the molecule is CCc1ccc(CC)c(C(=O)Cn2cnc3c(cnn3C)c2=O)c1. The maximum absolute atomic E-state index is 12.7. The third kappa shape index (κ3) is 2.75. The van der Waals surface area contributed by atoms with E-state index in [0.717, 1.165) is 24.0 Å². The van der Waals surface area contributed by atoms with Crippen LogP contribution in [0.1, 0.15) is 35.3 Å². The Labute approximate surface area is 139 Å². The van der Waals surface area contributed by atoms with Crippen LogP contribution in [0.5, 0.6) is 0 Å². The second-order valence-electron chi connectivity index (χ2n) is 5.80. The fourth-order valence-corrected chi connectivity index (χ4v) is 2.83. The average Bonchev–Trinajstić information content (AvgIpc) is 2.98. The molecule has 0 aliphatic carbocycles. The van der Waals surface area contributed by atoms with Crippen LogP contribution in [-0.4, -0.2) is 25.1 Å². The Morgan fingerprint density at radius 1 is 1.21 bits per heavy atom. The second kappa shape index (κ2) is 6.39. The number of benzene rings is 1. The number of Topliss-reactive ketones (excluding diaryl/α,β-unsaturated/α-hetero) is 1. The van der Waals surface area contributed by atoms with Gasteiger partial charge in [-0.25, -0.2) is 4.98 Å². The molecular weight excluding hydrogens is 304 g/mol. The topological polar surface area (TPSA) is 69.8 Å². The molecule has 1 aromatic carbocycles. The molecule has 0 radical (unpaired) electrons. The lowest BCUT2D eigenvalue weighted by Crippen LogP contribution is -2.25. The van der Waals surface area contributed by atoms with Crippen molar-refractivity contribution in [2.45, 2.75) is 33.2 Å². The summed E-state index contributed by atoms with van der Waals surface area (Å²) in [4.78, 5) is 29.5. The van der Waals surface area contributed by atoms with Crippen molar-refractivity contribution in [2.75, 3.05) is 0 Å². The third-order valence-corrected chi connectivity index (χ3v) is 4.30. The predicted molar refractivity (Wildman–Crippen MR) is 92.3 cm³/mol. The molecule has 2 aromatic heterocycles. The molecule has 0 spiro atoms. The Bertz CT molecular complexity index is 969. The molecule has 3 aromatic rings. The van der Waals surface area contributed by atoms with Gasteiger partial charge in [0.05, 0.1) is 12.7 Å². The Morgan fingerprint density at radius 3 is 2.71 bits per heavy atom. The standard InChI is InChI=1S/C18H20N4O2/c1-4-12-6-7-13(5-2)14(8-12)16(23)10-22-11-19-17-15(18(22)24)9-20-21(17)3/h6-9,11H,4-5,10H2,1-3H3. The Kier molecular flexibility index (Phi) is 4.29. The van der Waals surface area contributed by atoms with Crippen molar-refractivity contribution in [1.29, 1.82) is 0 Å². The number of hydrogen-bond acceptors (Lipinski definition) is 4. The first-order valence-electron chi connectivity index (χ1n) is 8.07. The molecule has 0 N–H and O–H groups in total. The summed E-state index contributed by atoms with van der Waals surface area (Å²) in [6.07, 6.45) is 4.55. The number of rotatable bonds is 5. The van der Waals surface area contributed by atoms with E-state index in [1.54, 1.807) is 11.7 Å². The minimum atomic E-state index is -0.244. The monoisotopic (exact) mass is 324 g/mol. The lowest BCUT2D eigenvalue weighted by molar-refractivity contribution is 0.0969. The summed E-state index contributed by atoms with van der Waals surface area (Å²) in [5.74, 6) is -0.0747. The quantitative estimate of drug-likeness (QED) is 0.674. The van der Waals surface area contributed by atoms with Gasteiger partial charge in [-0.15, -0.1) is 0 Å². The number of aryl methyl sites for hydroxylation is 3. The second-order valence-corrected chi connectivity index (χ2v) is 5.80. The molecule has 0 saturated carbocycles. The van der Waals surface area contributed by atoms with Gasteiger partial charge in [-0.1, -0.05) is 26.0 Å². The van der Waals surface area contributed by atoms with Crippen molar-refractivity contribution in [1.82, 2.24) is 19.3 Å². The summed E-state index contributed by atoms with van der Waals surface area (Å²) in [6.45, 7) is 4.06. The van der Waals surface area contributed by atoms with Gasteiger partial charge in [0.15, 0.2) is 11.4 Å². The van der Waals surface area contributed by atoms with E-state index in [1.165, 1.54) is 17.1 Å². The number of ketones is 1. The number of fused-ring (bicyclic) bond motifs is 1.